The minimum Gasteiger partial charge on any atom is -0.366 e. The second-order valence-corrected chi connectivity index (χ2v) is 6.42. The summed E-state index contributed by atoms with van der Waals surface area (Å²) in [7, 11) is 0. The van der Waals surface area contributed by atoms with Crippen LogP contribution in [0, 0.1) is 0 Å². The number of benzene rings is 1. The number of piperidine rings is 1. The van der Waals surface area contributed by atoms with Crippen molar-refractivity contribution in [2.45, 2.75) is 31.4 Å². The van der Waals surface area contributed by atoms with Crippen LogP contribution < -0.4 is 10.6 Å². The summed E-state index contributed by atoms with van der Waals surface area (Å²) in [4.78, 5) is 14.7. The summed E-state index contributed by atoms with van der Waals surface area (Å²) < 4.78 is 5.50. The number of halogens is 2. The van der Waals surface area contributed by atoms with Crippen molar-refractivity contribution in [2.75, 3.05) is 39.3 Å². The zero-order valence-corrected chi connectivity index (χ0v) is 16.1. The molecule has 2 fully saturated rings. The summed E-state index contributed by atoms with van der Waals surface area (Å²) in [5, 5.41) is 6.35. The van der Waals surface area contributed by atoms with Gasteiger partial charge in [-0.25, -0.2) is 0 Å². The molecule has 142 valence electrons. The van der Waals surface area contributed by atoms with Gasteiger partial charge < -0.3 is 20.3 Å². The van der Waals surface area contributed by atoms with Crippen LogP contribution >= 0.6 is 24.8 Å². The van der Waals surface area contributed by atoms with Crippen LogP contribution in [0.5, 0.6) is 0 Å². The largest absolute Gasteiger partial charge is 0.366 e. The Balaban J connectivity index is 0.00000156. The van der Waals surface area contributed by atoms with Crippen LogP contribution in [0.15, 0.2) is 30.3 Å². The Morgan fingerprint density at radius 2 is 1.92 bits per heavy atom. The van der Waals surface area contributed by atoms with Crippen molar-refractivity contribution in [3.05, 3.63) is 35.9 Å². The van der Waals surface area contributed by atoms with Gasteiger partial charge in [-0.1, -0.05) is 30.3 Å². The fraction of sp³-hybridized carbons (Fsp3) is 0.611. The van der Waals surface area contributed by atoms with Crippen LogP contribution in [0.2, 0.25) is 0 Å². The van der Waals surface area contributed by atoms with E-state index < -0.39 is 0 Å². The molecular weight excluding hydrogens is 361 g/mol. The Kier molecular flexibility index (Phi) is 10.4. The van der Waals surface area contributed by atoms with E-state index in [0.717, 1.165) is 45.4 Å². The van der Waals surface area contributed by atoms with Crippen molar-refractivity contribution in [2.24, 2.45) is 0 Å². The van der Waals surface area contributed by atoms with Gasteiger partial charge in [0.25, 0.3) is 5.91 Å². The topological polar surface area (TPSA) is 53.6 Å². The molecule has 2 N–H and O–H groups in total. The second kappa shape index (κ2) is 11.7. The van der Waals surface area contributed by atoms with Gasteiger partial charge in [0.15, 0.2) is 0 Å². The lowest BCUT2D eigenvalue weighted by atomic mass is 10.0. The number of carbonyl (C=O) groups excluding carboxylic acids is 1. The van der Waals surface area contributed by atoms with Crippen molar-refractivity contribution in [3.8, 4) is 0 Å². The van der Waals surface area contributed by atoms with Crippen molar-refractivity contribution in [1.82, 2.24) is 15.5 Å². The number of hydrogen-bond acceptors (Lipinski definition) is 4. The predicted molar refractivity (Wildman–Crippen MR) is 105 cm³/mol. The Labute approximate surface area is 162 Å². The molecule has 0 aromatic heterocycles. The van der Waals surface area contributed by atoms with Crippen molar-refractivity contribution in [3.63, 3.8) is 0 Å². The first-order valence-corrected chi connectivity index (χ1v) is 8.70. The summed E-state index contributed by atoms with van der Waals surface area (Å²) in [5.41, 5.74) is 1.39. The van der Waals surface area contributed by atoms with Gasteiger partial charge in [0.2, 0.25) is 0 Å². The first kappa shape index (κ1) is 22.2. The molecule has 7 heteroatoms. The van der Waals surface area contributed by atoms with Gasteiger partial charge in [-0.2, -0.15) is 0 Å². The first-order chi connectivity index (χ1) is 11.3. The number of nitrogens with one attached hydrogen (secondary N) is 2. The predicted octanol–water partition coefficient (Wildman–Crippen LogP) is 1.64. The number of nitrogens with zero attached hydrogens (tertiary/aromatic N) is 1. The highest BCUT2D eigenvalue weighted by Crippen LogP contribution is 2.12. The van der Waals surface area contributed by atoms with E-state index in [4.69, 9.17) is 4.74 Å². The smallest absolute Gasteiger partial charge is 0.250 e. The standard InChI is InChI=1S/C18H27N3O2.2ClH/c22-18(17-14-19-9-13-23-17)20-16-7-11-21(12-8-16)10-6-15-4-2-1-3-5-15;;/h1-5,16-17,19H,6-14H2,(H,20,22);2*1H. The Morgan fingerprint density at radius 3 is 2.56 bits per heavy atom. The second-order valence-electron chi connectivity index (χ2n) is 6.42. The SMILES string of the molecule is Cl.Cl.O=C(NC1CCN(CCc2ccccc2)CC1)C1CNCCO1. The molecule has 5 nitrogen and oxygen atoms in total. The zero-order chi connectivity index (χ0) is 15.9. The maximum absolute atomic E-state index is 12.2. The average molecular weight is 390 g/mol. The molecule has 1 aromatic rings. The minimum atomic E-state index is -0.320. The van der Waals surface area contributed by atoms with E-state index in [1.165, 1.54) is 5.56 Å². The molecule has 2 aliphatic heterocycles. The minimum absolute atomic E-state index is 0. The molecule has 1 unspecified atom stereocenters. The van der Waals surface area contributed by atoms with E-state index in [9.17, 15) is 4.79 Å². The van der Waals surface area contributed by atoms with E-state index in [1.807, 2.05) is 0 Å². The lowest BCUT2D eigenvalue weighted by Crippen LogP contribution is -2.52. The van der Waals surface area contributed by atoms with E-state index >= 15 is 0 Å². The van der Waals surface area contributed by atoms with E-state index in [1.54, 1.807) is 0 Å². The van der Waals surface area contributed by atoms with Crippen LogP contribution in [-0.4, -0.2) is 62.3 Å². The number of carbonyl (C=O) groups is 1. The van der Waals surface area contributed by atoms with Crippen LogP contribution in [0.1, 0.15) is 18.4 Å². The van der Waals surface area contributed by atoms with Gasteiger partial charge >= 0.3 is 0 Å². The maximum Gasteiger partial charge on any atom is 0.250 e. The summed E-state index contributed by atoms with van der Waals surface area (Å²) in [5.74, 6) is 0.0416. The summed E-state index contributed by atoms with van der Waals surface area (Å²) >= 11 is 0. The molecule has 1 amide bonds. The number of morpholine rings is 1. The lowest BCUT2D eigenvalue weighted by Gasteiger charge is -2.33. The van der Waals surface area contributed by atoms with Crippen LogP contribution in [-0.2, 0) is 16.0 Å². The molecule has 0 aliphatic carbocycles. The van der Waals surface area contributed by atoms with E-state index in [2.05, 4.69) is 45.9 Å². The third-order valence-electron chi connectivity index (χ3n) is 4.71. The molecule has 25 heavy (non-hydrogen) atoms. The van der Waals surface area contributed by atoms with Gasteiger partial charge in [-0.05, 0) is 24.8 Å². The fourth-order valence-corrected chi connectivity index (χ4v) is 3.26. The first-order valence-electron chi connectivity index (χ1n) is 8.70. The van der Waals surface area contributed by atoms with Crippen LogP contribution in [0.4, 0.5) is 0 Å². The monoisotopic (exact) mass is 389 g/mol. The molecule has 0 spiro atoms. The van der Waals surface area contributed by atoms with Crippen LogP contribution in [0.25, 0.3) is 0 Å². The normalized spacial score (nSPS) is 21.7. The molecule has 0 bridgehead atoms. The van der Waals surface area contributed by atoms with Crippen molar-refractivity contribution >= 4 is 30.7 Å². The third kappa shape index (κ3) is 7.12. The zero-order valence-electron chi connectivity index (χ0n) is 14.5. The summed E-state index contributed by atoms with van der Waals surface area (Å²) in [6, 6.07) is 10.9. The summed E-state index contributed by atoms with van der Waals surface area (Å²) in [6.07, 6.45) is 2.83. The van der Waals surface area contributed by atoms with Crippen molar-refractivity contribution < 1.29 is 9.53 Å². The molecule has 1 aromatic carbocycles. The van der Waals surface area contributed by atoms with Gasteiger partial charge in [0.1, 0.15) is 6.10 Å². The number of likely N-dealkylation sites (tertiary alicyclic amines) is 1. The van der Waals surface area contributed by atoms with E-state index in [-0.39, 0.29) is 36.8 Å². The van der Waals surface area contributed by atoms with Gasteiger partial charge in [0.05, 0.1) is 6.61 Å². The molecular formula is C18H29Cl2N3O2. The Bertz CT molecular complexity index is 490. The highest BCUT2D eigenvalue weighted by Gasteiger charge is 2.26. The van der Waals surface area contributed by atoms with Gasteiger partial charge in [0, 0.05) is 38.8 Å². The number of hydrogen-bond donors (Lipinski definition) is 2. The maximum atomic E-state index is 12.2. The molecule has 0 radical (unpaired) electrons. The number of amides is 1. The molecule has 2 heterocycles. The van der Waals surface area contributed by atoms with Gasteiger partial charge in [-0.15, -0.1) is 24.8 Å². The summed E-state index contributed by atoms with van der Waals surface area (Å²) in [6.45, 7) is 5.30. The highest BCUT2D eigenvalue weighted by molar-refractivity contribution is 5.85. The molecule has 1 atom stereocenters. The highest BCUT2D eigenvalue weighted by atomic mass is 35.5. The molecule has 2 saturated heterocycles. The quantitative estimate of drug-likeness (QED) is 0.803. The third-order valence-corrected chi connectivity index (χ3v) is 4.71. The Hall–Kier alpha value is -0.850. The van der Waals surface area contributed by atoms with E-state index in [0.29, 0.717) is 19.2 Å². The average Bonchev–Trinajstić information content (AvgIpc) is 2.63. The number of ether oxygens (including phenoxy) is 1. The fourth-order valence-electron chi connectivity index (χ4n) is 3.26. The number of rotatable bonds is 5. The molecule has 2 aliphatic rings. The molecule has 0 saturated carbocycles. The van der Waals surface area contributed by atoms with Gasteiger partial charge in [-0.3, -0.25) is 4.79 Å². The molecule has 3 rings (SSSR count). The van der Waals surface area contributed by atoms with Crippen molar-refractivity contribution in [1.29, 1.82) is 0 Å². The van der Waals surface area contributed by atoms with Crippen LogP contribution in [0.3, 0.4) is 0 Å². The lowest BCUT2D eigenvalue weighted by molar-refractivity contribution is -0.135. The Morgan fingerprint density at radius 1 is 1.20 bits per heavy atom.